The lowest BCUT2D eigenvalue weighted by atomic mass is 10.1. The van der Waals surface area contributed by atoms with Crippen LogP contribution in [0.2, 0.25) is 0 Å². The average Bonchev–Trinajstić information content (AvgIpc) is 2.94. The minimum Gasteiger partial charge on any atom is -0.423 e. The quantitative estimate of drug-likeness (QED) is 0.0905. The summed E-state index contributed by atoms with van der Waals surface area (Å²) in [6, 6.07) is 23.0. The van der Waals surface area contributed by atoms with Crippen LogP contribution in [-0.2, 0) is 6.42 Å². The van der Waals surface area contributed by atoms with Gasteiger partial charge in [0.25, 0.3) is 0 Å². The van der Waals surface area contributed by atoms with E-state index in [2.05, 4.69) is 48.0 Å². The Balaban J connectivity index is 1.54. The van der Waals surface area contributed by atoms with Crippen LogP contribution in [0.5, 0.6) is 5.75 Å². The van der Waals surface area contributed by atoms with Gasteiger partial charge in [0, 0.05) is 18.8 Å². The van der Waals surface area contributed by atoms with Gasteiger partial charge in [-0.25, -0.2) is 4.79 Å². The number of hydrogen-bond acceptors (Lipinski definition) is 5. The molecule has 0 aliphatic carbocycles. The van der Waals surface area contributed by atoms with E-state index in [4.69, 9.17) is 4.74 Å². The summed E-state index contributed by atoms with van der Waals surface area (Å²) >= 11 is 0. The summed E-state index contributed by atoms with van der Waals surface area (Å²) < 4.78 is 5.52. The second-order valence-electron chi connectivity index (χ2n) is 9.45. The molecule has 37 heavy (non-hydrogen) atoms. The van der Waals surface area contributed by atoms with E-state index in [1.54, 1.807) is 24.3 Å². The molecule has 0 fully saturated rings. The highest BCUT2D eigenvalue weighted by Gasteiger charge is 2.09. The summed E-state index contributed by atoms with van der Waals surface area (Å²) in [5, 5.41) is 8.71. The Morgan fingerprint density at radius 1 is 0.676 bits per heavy atom. The van der Waals surface area contributed by atoms with Crippen LogP contribution >= 0.6 is 0 Å². The van der Waals surface area contributed by atoms with Crippen molar-refractivity contribution in [1.29, 1.82) is 0 Å². The monoisotopic (exact) mass is 499 g/mol. The molecule has 0 saturated carbocycles. The number of rotatable bonds is 15. The van der Waals surface area contributed by atoms with E-state index in [-0.39, 0.29) is 5.97 Å². The van der Waals surface area contributed by atoms with E-state index < -0.39 is 0 Å². The van der Waals surface area contributed by atoms with Crippen molar-refractivity contribution in [3.8, 4) is 5.75 Å². The molecule has 0 N–H and O–H groups in total. The lowest BCUT2D eigenvalue weighted by Crippen LogP contribution is -2.25. The zero-order valence-corrected chi connectivity index (χ0v) is 22.7. The largest absolute Gasteiger partial charge is 0.423 e. The molecule has 0 aromatic heterocycles. The van der Waals surface area contributed by atoms with Crippen molar-refractivity contribution in [1.82, 2.24) is 0 Å². The van der Waals surface area contributed by atoms with Crippen LogP contribution in [0.25, 0.3) is 0 Å². The molecule has 3 aromatic rings. The third-order valence-corrected chi connectivity index (χ3v) is 6.33. The number of benzene rings is 3. The number of unbranched alkanes of at least 4 members (excludes halogenated alkanes) is 4. The van der Waals surface area contributed by atoms with Gasteiger partial charge >= 0.3 is 5.97 Å². The highest BCUT2D eigenvalue weighted by atomic mass is 16.5. The lowest BCUT2D eigenvalue weighted by Gasteiger charge is -2.24. The normalized spacial score (nSPS) is 11.1. The highest BCUT2D eigenvalue weighted by Crippen LogP contribution is 2.24. The van der Waals surface area contributed by atoms with E-state index in [0.717, 1.165) is 44.5 Å². The van der Waals surface area contributed by atoms with Crippen LogP contribution in [0.15, 0.2) is 83.0 Å². The molecule has 5 heteroatoms. The third kappa shape index (κ3) is 9.49. The summed E-state index contributed by atoms with van der Waals surface area (Å²) in [6.45, 7) is 8.80. The summed E-state index contributed by atoms with van der Waals surface area (Å²) in [4.78, 5) is 15.0. The fourth-order valence-electron chi connectivity index (χ4n) is 4.15. The van der Waals surface area contributed by atoms with Crippen LogP contribution < -0.4 is 9.64 Å². The molecule has 0 spiro atoms. The van der Waals surface area contributed by atoms with Crippen molar-refractivity contribution < 1.29 is 9.53 Å². The molecule has 0 bridgehead atoms. The van der Waals surface area contributed by atoms with E-state index in [1.165, 1.54) is 36.9 Å². The molecule has 0 unspecified atom stereocenters. The van der Waals surface area contributed by atoms with Gasteiger partial charge in [-0.1, -0.05) is 58.6 Å². The maximum atomic E-state index is 12.5. The number of carbonyl (C=O) groups excluding carboxylic acids is 1. The number of hydrogen-bond donors (Lipinski definition) is 0. The lowest BCUT2D eigenvalue weighted by molar-refractivity contribution is 0.0734. The number of ether oxygens (including phenoxy) is 1. The van der Waals surface area contributed by atoms with Gasteiger partial charge in [0.2, 0.25) is 0 Å². The van der Waals surface area contributed by atoms with Crippen LogP contribution in [0.1, 0.15) is 81.6 Å². The Hall–Kier alpha value is -3.47. The first-order valence-electron chi connectivity index (χ1n) is 13.8. The summed E-state index contributed by atoms with van der Waals surface area (Å²) in [5.41, 5.74) is 4.46. The van der Waals surface area contributed by atoms with Gasteiger partial charge in [0.15, 0.2) is 0 Å². The van der Waals surface area contributed by atoms with Crippen molar-refractivity contribution in [2.75, 3.05) is 18.0 Å². The molecule has 5 nitrogen and oxygen atoms in total. The molecule has 0 saturated heterocycles. The third-order valence-electron chi connectivity index (χ3n) is 6.33. The van der Waals surface area contributed by atoms with E-state index in [0.29, 0.717) is 17.0 Å². The van der Waals surface area contributed by atoms with Gasteiger partial charge in [0.1, 0.15) is 5.75 Å². The predicted octanol–water partition coefficient (Wildman–Crippen LogP) is 9.46. The molecule has 3 rings (SSSR count). The van der Waals surface area contributed by atoms with Crippen molar-refractivity contribution in [2.45, 2.75) is 72.1 Å². The predicted molar refractivity (Wildman–Crippen MR) is 154 cm³/mol. The molecule has 0 aliphatic rings. The van der Waals surface area contributed by atoms with Gasteiger partial charge in [-0.2, -0.15) is 10.2 Å². The Labute approximate surface area is 222 Å². The van der Waals surface area contributed by atoms with E-state index in [9.17, 15) is 4.79 Å². The minimum atomic E-state index is -0.383. The van der Waals surface area contributed by atoms with Gasteiger partial charge in [-0.05, 0) is 91.9 Å². The number of azo groups is 1. The van der Waals surface area contributed by atoms with Crippen molar-refractivity contribution in [3.63, 3.8) is 0 Å². The summed E-state index contributed by atoms with van der Waals surface area (Å²) in [7, 11) is 0. The molecular weight excluding hydrogens is 458 g/mol. The Morgan fingerprint density at radius 3 is 1.89 bits per heavy atom. The second-order valence-corrected chi connectivity index (χ2v) is 9.45. The van der Waals surface area contributed by atoms with Crippen molar-refractivity contribution >= 4 is 23.0 Å². The van der Waals surface area contributed by atoms with Crippen LogP contribution in [0, 0.1) is 0 Å². The van der Waals surface area contributed by atoms with Crippen LogP contribution in [0.4, 0.5) is 17.1 Å². The van der Waals surface area contributed by atoms with Crippen molar-refractivity contribution in [2.24, 2.45) is 10.2 Å². The van der Waals surface area contributed by atoms with Crippen molar-refractivity contribution in [3.05, 3.63) is 83.9 Å². The number of nitrogens with zero attached hydrogens (tertiary/aromatic N) is 3. The fourth-order valence-corrected chi connectivity index (χ4v) is 4.15. The maximum Gasteiger partial charge on any atom is 0.343 e. The average molecular weight is 500 g/mol. The van der Waals surface area contributed by atoms with E-state index in [1.807, 2.05) is 36.4 Å². The topological polar surface area (TPSA) is 54.3 Å². The smallest absolute Gasteiger partial charge is 0.343 e. The maximum absolute atomic E-state index is 12.5. The van der Waals surface area contributed by atoms with Crippen LogP contribution in [-0.4, -0.2) is 19.1 Å². The molecule has 0 radical (unpaired) electrons. The standard InChI is InChI=1S/C32H41N3O2/c1-4-7-9-10-25-35(24-6-3)30-20-18-29(19-21-30)34-33-28-16-14-27(15-17-28)32(36)37-31-22-12-26(13-23-31)11-8-5-2/h12-23H,4-11,24-25H2,1-3H3. The van der Waals surface area contributed by atoms with Gasteiger partial charge in [-0.15, -0.1) is 0 Å². The zero-order chi connectivity index (χ0) is 26.3. The van der Waals surface area contributed by atoms with Gasteiger partial charge in [-0.3, -0.25) is 0 Å². The fraction of sp³-hybridized carbons (Fsp3) is 0.406. The summed E-state index contributed by atoms with van der Waals surface area (Å²) in [6.07, 6.45) is 9.56. The molecule has 0 heterocycles. The SMILES string of the molecule is CCCCCCN(CCC)c1ccc(N=Nc2ccc(C(=O)Oc3ccc(CCCC)cc3)cc2)cc1. The Bertz CT molecular complexity index is 1090. The Morgan fingerprint density at radius 2 is 1.30 bits per heavy atom. The molecule has 0 amide bonds. The number of anilines is 1. The number of aryl methyl sites for hydroxylation is 1. The molecular formula is C32H41N3O2. The number of esters is 1. The Kier molecular flexibility index (Phi) is 11.9. The van der Waals surface area contributed by atoms with Gasteiger partial charge in [0.05, 0.1) is 16.9 Å². The molecule has 0 aliphatic heterocycles. The second kappa shape index (κ2) is 15.6. The number of carbonyl (C=O) groups is 1. The van der Waals surface area contributed by atoms with Crippen LogP contribution in [0.3, 0.4) is 0 Å². The zero-order valence-electron chi connectivity index (χ0n) is 22.7. The highest BCUT2D eigenvalue weighted by molar-refractivity contribution is 5.91. The molecule has 3 aromatic carbocycles. The first-order valence-corrected chi connectivity index (χ1v) is 13.8. The minimum absolute atomic E-state index is 0.383. The molecule has 0 atom stereocenters. The van der Waals surface area contributed by atoms with E-state index >= 15 is 0 Å². The first kappa shape index (κ1) is 28.1. The van der Waals surface area contributed by atoms with Gasteiger partial charge < -0.3 is 9.64 Å². The summed E-state index contributed by atoms with van der Waals surface area (Å²) in [5.74, 6) is 0.169. The first-order chi connectivity index (χ1) is 18.1. The molecule has 196 valence electrons.